The van der Waals surface area contributed by atoms with Crippen LogP contribution in [0.2, 0.25) is 0 Å². The fraction of sp³-hybridized carbons (Fsp3) is 0.276. The van der Waals surface area contributed by atoms with E-state index in [0.717, 1.165) is 42.5 Å². The van der Waals surface area contributed by atoms with Crippen molar-refractivity contribution in [2.75, 3.05) is 0 Å². The smallest absolute Gasteiger partial charge is 0.442 e. The first-order valence-electron chi connectivity index (χ1n) is 14.6. The molecule has 3 aromatic carbocycles. The molecule has 330 valence electrons. The summed E-state index contributed by atoms with van der Waals surface area (Å²) in [6.07, 6.45) is -6.19. The van der Waals surface area contributed by atoms with Crippen LogP contribution in [0.5, 0.6) is 0 Å². The molecule has 0 aliphatic carbocycles. The van der Waals surface area contributed by atoms with Crippen molar-refractivity contribution < 1.29 is 73.8 Å². The highest BCUT2D eigenvalue weighted by atomic mass is 125. The minimum Gasteiger partial charge on any atom is -0.806 e. The van der Waals surface area contributed by atoms with Gasteiger partial charge in [-0.25, -0.2) is 0 Å². The van der Waals surface area contributed by atoms with E-state index in [1.165, 1.54) is 0 Å². The molecule has 1 aliphatic rings. The van der Waals surface area contributed by atoms with Crippen LogP contribution >= 0.6 is 69.6 Å². The molecule has 2 atom stereocenters. The van der Waals surface area contributed by atoms with E-state index in [-0.39, 0.29) is 39.3 Å². The van der Waals surface area contributed by atoms with Gasteiger partial charge in [0, 0.05) is 62.8 Å². The molecule has 0 aromatic heterocycles. The monoisotopic (exact) mass is 1130 g/mol. The maximum absolute atomic E-state index is 14.3. The maximum Gasteiger partial charge on any atom is 0.442 e. The number of hydrogen-bond acceptors (Lipinski definition) is 11. The molecule has 3 aromatic rings. The Kier molecular flexibility index (Phi) is 18.8. The van der Waals surface area contributed by atoms with Gasteiger partial charge >= 0.3 is 11.8 Å². The topological polar surface area (TPSA) is 398 Å². The molecular formula is C29H35Br2F7IN9O9P2. The minimum atomic E-state index is -6.52. The number of alkyl halides is 7. The maximum atomic E-state index is 14.3. The van der Waals surface area contributed by atoms with Crippen molar-refractivity contribution >= 4 is 87.4 Å². The van der Waals surface area contributed by atoms with E-state index in [9.17, 15) is 73.8 Å². The largest absolute Gasteiger partial charge is 0.806 e. The summed E-state index contributed by atoms with van der Waals surface area (Å²) in [7, 11) is -13.0. The molecule has 18 nitrogen and oxygen atoms in total. The van der Waals surface area contributed by atoms with E-state index < -0.39 is 112 Å². The van der Waals surface area contributed by atoms with Crippen molar-refractivity contribution in [1.82, 2.24) is 35.2 Å². The van der Waals surface area contributed by atoms with Crippen molar-refractivity contribution in [3.63, 3.8) is 0 Å². The molecule has 0 saturated carbocycles. The molecule has 1 aliphatic heterocycles. The molecule has 4 rings (SSSR count). The average Bonchev–Trinajstić information content (AvgIpc) is 3.85. The van der Waals surface area contributed by atoms with Gasteiger partial charge in [-0.05, 0) is 64.0 Å². The van der Waals surface area contributed by atoms with E-state index in [1.54, 1.807) is 22.6 Å². The summed E-state index contributed by atoms with van der Waals surface area (Å²) in [5.74, 6) is -3.64. The molecule has 0 unspecified atom stereocenters. The fourth-order valence-corrected chi connectivity index (χ4v) is 8.24. The first-order chi connectivity index (χ1) is 25.0. The van der Waals surface area contributed by atoms with Crippen LogP contribution in [0.3, 0.4) is 0 Å². The van der Waals surface area contributed by atoms with Gasteiger partial charge in [-0.1, -0.05) is 56.1 Å². The Morgan fingerprint density at radius 1 is 0.729 bits per heavy atom. The van der Waals surface area contributed by atoms with Gasteiger partial charge < -0.3 is 69.7 Å². The van der Waals surface area contributed by atoms with Crippen LogP contribution in [0.1, 0.15) is 38.2 Å². The number of halogens is 10. The number of rotatable bonds is 14. The van der Waals surface area contributed by atoms with Gasteiger partial charge in [0.2, 0.25) is 11.8 Å². The number of benzene rings is 3. The van der Waals surface area contributed by atoms with Crippen LogP contribution in [-0.2, 0) is 48.6 Å². The molecule has 20 N–H and O–H groups in total. The Balaban J connectivity index is 0.00000841. The third kappa shape index (κ3) is 12.1. The lowest BCUT2D eigenvalue weighted by molar-refractivity contribution is -0.336. The first kappa shape index (κ1) is 56.0. The van der Waals surface area contributed by atoms with E-state index in [2.05, 4.69) is 52.7 Å². The Labute approximate surface area is 359 Å². The van der Waals surface area contributed by atoms with Crippen molar-refractivity contribution in [3.05, 3.63) is 100 Å². The first-order valence-corrected chi connectivity index (χ1v) is 20.4. The van der Waals surface area contributed by atoms with E-state index in [0.29, 0.717) is 12.1 Å². The number of hydrogen-bond donors (Lipinski definition) is 7. The highest BCUT2D eigenvalue weighted by molar-refractivity contribution is 14.1. The second kappa shape index (κ2) is 19.8. The summed E-state index contributed by atoms with van der Waals surface area (Å²) >= 11 is 7.07. The van der Waals surface area contributed by atoms with Crippen LogP contribution in [0.4, 0.5) is 30.7 Å². The van der Waals surface area contributed by atoms with E-state index in [1.807, 2.05) is 0 Å². The van der Waals surface area contributed by atoms with Crippen LogP contribution < -0.4 is 60.5 Å². The number of amides is 3. The number of nitrogens with one attached hydrogen (secondary N) is 2. The number of primary amides is 1. The molecule has 59 heavy (non-hydrogen) atoms. The quantitative estimate of drug-likeness (QED) is 0.0649. The lowest BCUT2D eigenvalue weighted by Gasteiger charge is -2.38. The lowest BCUT2D eigenvalue weighted by Crippen LogP contribution is -2.54. The summed E-state index contributed by atoms with van der Waals surface area (Å²) in [5, 5.41) is 10.6. The van der Waals surface area contributed by atoms with Crippen molar-refractivity contribution in [3.8, 4) is 0 Å². The molecule has 0 radical (unpaired) electrons. The van der Waals surface area contributed by atoms with Gasteiger partial charge in [-0.2, -0.15) is 30.7 Å². The summed E-state index contributed by atoms with van der Waals surface area (Å²) in [5.41, 5.74) is -10.8. The van der Waals surface area contributed by atoms with E-state index >= 15 is 0 Å². The van der Waals surface area contributed by atoms with Crippen molar-refractivity contribution in [1.29, 1.82) is 0 Å². The normalized spacial score (nSPS) is 14.5. The zero-order valence-corrected chi connectivity index (χ0v) is 37.7. The molecule has 3 amide bonds. The predicted octanol–water partition coefficient (Wildman–Crippen LogP) is 4.98. The van der Waals surface area contributed by atoms with Crippen LogP contribution in [0, 0.1) is 3.57 Å². The highest BCUT2D eigenvalue weighted by Crippen LogP contribution is 2.56. The number of nitrogens with two attached hydrogens (primary N) is 1. The third-order valence-corrected chi connectivity index (χ3v) is 11.6. The SMILES string of the molecule is NC(=O)[C@H](Cc1ccc(C(F)(F)P(=O)([O-])[O-])c(Br)c1)NC(=O)[C@H](Cc1ccc(C(F)(F)P(=O)([O-])[O-])c(Br)c1)NC(=O)c1cc([125I])cc(C2(C(F)(F)F)N=N2)c1.[NH4+].[NH4+].[NH4+].[NH4+]. The molecule has 0 saturated heterocycles. The van der Waals surface area contributed by atoms with Crippen molar-refractivity contribution in [2.24, 2.45) is 16.0 Å². The molecule has 0 bridgehead atoms. The second-order valence-electron chi connectivity index (χ2n) is 11.7. The van der Waals surface area contributed by atoms with E-state index in [4.69, 9.17) is 5.73 Å². The fourth-order valence-electron chi connectivity index (χ4n) is 4.94. The zero-order chi connectivity index (χ0) is 41.7. The molecule has 0 spiro atoms. The summed E-state index contributed by atoms with van der Waals surface area (Å²) < 4.78 is 120. The van der Waals surface area contributed by atoms with Crippen LogP contribution in [0.15, 0.2) is 73.8 Å². The zero-order valence-electron chi connectivity index (χ0n) is 30.6. The Morgan fingerprint density at radius 3 is 1.51 bits per heavy atom. The highest BCUT2D eigenvalue weighted by Gasteiger charge is 2.65. The lowest BCUT2D eigenvalue weighted by atomic mass is 9.99. The average molecular weight is 1130 g/mol. The van der Waals surface area contributed by atoms with Gasteiger partial charge in [-0.3, -0.25) is 14.4 Å². The van der Waals surface area contributed by atoms with Gasteiger partial charge in [0.15, 0.2) is 0 Å². The Morgan fingerprint density at radius 2 is 1.15 bits per heavy atom. The second-order valence-corrected chi connectivity index (χ2v) is 17.8. The molecule has 30 heteroatoms. The summed E-state index contributed by atoms with van der Waals surface area (Å²) in [6, 6.07) is 4.10. The third-order valence-electron chi connectivity index (χ3n) is 7.82. The van der Waals surface area contributed by atoms with Gasteiger partial charge in [0.25, 0.3) is 17.2 Å². The van der Waals surface area contributed by atoms with Gasteiger partial charge in [0.1, 0.15) is 12.1 Å². The van der Waals surface area contributed by atoms with Crippen LogP contribution in [0.25, 0.3) is 0 Å². The van der Waals surface area contributed by atoms with Gasteiger partial charge in [0.05, 0.1) is 0 Å². The summed E-state index contributed by atoms with van der Waals surface area (Å²) in [4.78, 5) is 84.2. The number of nitrogens with zero attached hydrogens (tertiary/aromatic N) is 2. The molecule has 0 fully saturated rings. The predicted molar refractivity (Wildman–Crippen MR) is 207 cm³/mol. The molecule has 1 heterocycles. The minimum absolute atomic E-state index is 0. The number of carbonyl (C=O) groups excluding carboxylic acids is 3. The van der Waals surface area contributed by atoms with Crippen molar-refractivity contribution in [2.45, 2.75) is 48.1 Å². The Bertz CT molecular complexity index is 2200. The molecular weight excluding hydrogens is 1100 g/mol. The number of carbonyl (C=O) groups is 3. The standard InChI is InChI=1S/C29H23Br2F7IN5O9P2.4H3N/c30-19-5-12(1-3-17(19)27(32,33)54(48,49)50)7-21(23(40)45)41-25(47)22(8-13-2-4-18(20(31)6-13)28(34,35)55(51,52)53)42-24(46)14-9-15(11-16(39)10-14)26(43-44-26)29(36,37)38;;;;/h1-6,9-11,21-22H,7-8H2,(H2,40,45)(H,41,47)(H,42,46)(H2,48,49,50)(H2,51,52,53);4*1H3/t21-,22-;;;;/m0..../s1/i39-2;;;;. The number of quaternary nitrogens is 4. The van der Waals surface area contributed by atoms with Crippen LogP contribution in [-0.4, -0.2) is 36.0 Å². The Hall–Kier alpha value is -2.99. The summed E-state index contributed by atoms with van der Waals surface area (Å²) in [6.45, 7) is 0. The van der Waals surface area contributed by atoms with Gasteiger partial charge in [-0.15, -0.1) is 10.2 Å².